The molecule has 0 radical (unpaired) electrons. The summed E-state index contributed by atoms with van der Waals surface area (Å²) in [6.07, 6.45) is 45.2. The van der Waals surface area contributed by atoms with Crippen LogP contribution in [0.2, 0.25) is 0 Å². The summed E-state index contributed by atoms with van der Waals surface area (Å²) >= 11 is 0. The molecule has 0 fully saturated rings. The zero-order chi connectivity index (χ0) is 65.1. The lowest BCUT2D eigenvalue weighted by atomic mass is 9.12. The molecule has 1 heterocycles. The minimum absolute atomic E-state index is 1.22. The van der Waals surface area contributed by atoms with Gasteiger partial charge in [0.15, 0.2) is 81.7 Å². The quantitative estimate of drug-likeness (QED) is 0.0122. The first-order valence-corrected chi connectivity index (χ1v) is 31.3. The van der Waals surface area contributed by atoms with Gasteiger partial charge in [0, 0.05) is 18.1 Å². The Morgan fingerprint density at radius 1 is 0.227 bits per heavy atom. The van der Waals surface area contributed by atoms with Crippen molar-refractivity contribution in [2.45, 2.75) is 239 Å². The van der Waals surface area contributed by atoms with Gasteiger partial charge in [-0.2, -0.15) is 0 Å². The number of hydrogen-bond acceptors (Lipinski definition) is 0. The molecule has 492 valence electrons. The molecule has 0 unspecified atom stereocenters. The minimum Gasteiger partial charge on any atom is -0.215 e. The summed E-state index contributed by atoms with van der Waals surface area (Å²) < 4.78 is 294. The Morgan fingerprint density at radius 3 is 0.602 bits per heavy atom. The van der Waals surface area contributed by atoms with Crippen molar-refractivity contribution in [1.82, 2.24) is 0 Å². The van der Waals surface area contributed by atoms with Crippen LogP contribution in [0.4, 0.5) is 87.8 Å². The van der Waals surface area contributed by atoms with E-state index in [2.05, 4.69) is 37.2 Å². The highest BCUT2D eigenvalue weighted by molar-refractivity contribution is 7.20. The Kier molecular flexibility index (Phi) is 32.8. The van der Waals surface area contributed by atoms with Crippen molar-refractivity contribution in [2.75, 3.05) is 0 Å². The maximum atomic E-state index is 15.4. The Bertz CT molecular complexity index is 2570. The highest BCUT2D eigenvalue weighted by Crippen LogP contribution is 2.31. The van der Waals surface area contributed by atoms with E-state index in [9.17, 15) is 52.7 Å². The van der Waals surface area contributed by atoms with Crippen molar-refractivity contribution in [3.63, 3.8) is 0 Å². The van der Waals surface area contributed by atoms with Gasteiger partial charge in [-0.25, -0.2) is 92.8 Å². The lowest BCUT2D eigenvalue weighted by Crippen LogP contribution is -2.81. The molecule has 0 saturated carbocycles. The molecule has 0 amide bonds. The van der Waals surface area contributed by atoms with Crippen LogP contribution in [-0.2, 0) is 12.8 Å². The fourth-order valence-corrected chi connectivity index (χ4v) is 11.6. The van der Waals surface area contributed by atoms with Crippen molar-refractivity contribution >= 4 is 28.0 Å². The molecule has 0 bridgehead atoms. The molecule has 22 heteroatoms. The van der Waals surface area contributed by atoms with E-state index in [1.165, 1.54) is 236 Å². The standard InChI is InChI=1S/C42H79N.C24BF20/c1-3-5-7-9-11-13-15-17-19-21-23-25-27-29-31-33-35-37-42-39-38-41(40-43-42)36-34-32-30-28-26-24-22-20-18-16-14-12-10-8-6-4-2;26-5-1(6(27)14(35)21(42)13(5)34)25(2-7(28)15(36)22(43)16(37)8(2)29,3-9(30)17(38)23(44)18(39)10(3)31)4-11(32)19(40)24(45)20(41)12(4)33/h38-40H,3-37H2,1-2H3;/q;-1/p+1. The van der Waals surface area contributed by atoms with Crippen molar-refractivity contribution in [3.8, 4) is 0 Å². The van der Waals surface area contributed by atoms with Gasteiger partial charge >= 0.3 is 0 Å². The number of unbranched alkanes of at least 4 members (excludes halogenated alkanes) is 31. The third-order valence-corrected chi connectivity index (χ3v) is 16.5. The second kappa shape index (κ2) is 38.4. The number of aromatic nitrogens is 1. The zero-order valence-electron chi connectivity index (χ0n) is 50.1. The molecular weight excluding hydrogens is 1200 g/mol. The van der Waals surface area contributed by atoms with Crippen LogP contribution in [0.25, 0.3) is 0 Å². The Hall–Kier alpha value is -5.31. The van der Waals surface area contributed by atoms with Gasteiger partial charge in [0.1, 0.15) is 52.7 Å². The number of rotatable bonds is 39. The van der Waals surface area contributed by atoms with E-state index in [-0.39, 0.29) is 0 Å². The summed E-state index contributed by atoms with van der Waals surface area (Å²) in [7, 11) is 0. The lowest BCUT2D eigenvalue weighted by molar-refractivity contribution is -0.391. The number of benzene rings is 4. The normalized spacial score (nSPS) is 11.8. The number of aryl methyl sites for hydroxylation is 2. The second-order valence-electron chi connectivity index (χ2n) is 23.0. The topological polar surface area (TPSA) is 14.1 Å². The van der Waals surface area contributed by atoms with E-state index >= 15 is 35.1 Å². The molecule has 0 aliphatic rings. The van der Waals surface area contributed by atoms with Crippen LogP contribution in [0, 0.1) is 116 Å². The molecule has 1 aromatic heterocycles. The van der Waals surface area contributed by atoms with Crippen LogP contribution in [0.1, 0.15) is 237 Å². The summed E-state index contributed by atoms with van der Waals surface area (Å²) in [6.45, 7) is 4.61. The van der Waals surface area contributed by atoms with Gasteiger partial charge in [0.25, 0.3) is 0 Å². The molecule has 0 aliphatic heterocycles. The van der Waals surface area contributed by atoms with E-state index in [0.717, 1.165) is 0 Å². The number of nitrogens with one attached hydrogen (secondary N) is 1. The van der Waals surface area contributed by atoms with E-state index in [0.29, 0.717) is 0 Å². The average Bonchev–Trinajstić information content (AvgIpc) is 0.698. The van der Waals surface area contributed by atoms with Gasteiger partial charge in [-0.15, -0.1) is 21.9 Å². The lowest BCUT2D eigenvalue weighted by Gasteiger charge is -2.44. The van der Waals surface area contributed by atoms with Crippen LogP contribution in [-0.4, -0.2) is 6.15 Å². The van der Waals surface area contributed by atoms with Gasteiger partial charge < -0.3 is 0 Å². The van der Waals surface area contributed by atoms with Crippen LogP contribution in [0.15, 0.2) is 18.3 Å². The van der Waals surface area contributed by atoms with Crippen molar-refractivity contribution in [1.29, 1.82) is 0 Å². The molecule has 1 N–H and O–H groups in total. The van der Waals surface area contributed by atoms with Crippen LogP contribution >= 0.6 is 0 Å². The average molecular weight is 1280 g/mol. The number of pyridine rings is 1. The maximum absolute atomic E-state index is 15.4. The Morgan fingerprint density at radius 2 is 0.409 bits per heavy atom. The van der Waals surface area contributed by atoms with E-state index in [4.69, 9.17) is 0 Å². The minimum atomic E-state index is -7.22. The first-order valence-electron chi connectivity index (χ1n) is 31.3. The predicted molar refractivity (Wildman–Crippen MR) is 303 cm³/mol. The van der Waals surface area contributed by atoms with Gasteiger partial charge in [0.2, 0.25) is 0 Å². The predicted octanol–water partition coefficient (Wildman–Crippen LogP) is 20.3. The molecule has 1 nitrogen and oxygen atoms in total. The number of aromatic amines is 1. The molecule has 4 aromatic carbocycles. The van der Waals surface area contributed by atoms with Crippen LogP contribution in [0.3, 0.4) is 0 Å². The van der Waals surface area contributed by atoms with E-state index < -0.39 is 144 Å². The molecule has 0 atom stereocenters. The monoisotopic (exact) mass is 1280 g/mol. The molecule has 0 spiro atoms. The van der Waals surface area contributed by atoms with Gasteiger partial charge in [-0.05, 0) is 25.3 Å². The van der Waals surface area contributed by atoms with Gasteiger partial charge in [0.05, 0.1) is 0 Å². The van der Waals surface area contributed by atoms with Crippen LogP contribution < -0.4 is 26.8 Å². The van der Waals surface area contributed by atoms with Crippen molar-refractivity contribution < 1.29 is 92.8 Å². The third kappa shape index (κ3) is 19.6. The van der Waals surface area contributed by atoms with Gasteiger partial charge in [-0.1, -0.05) is 213 Å². The molecule has 5 aromatic rings. The fraction of sp³-hybridized carbons (Fsp3) is 0.561. The molecule has 0 saturated heterocycles. The highest BCUT2D eigenvalue weighted by Gasteiger charge is 2.52. The summed E-state index contributed by atoms with van der Waals surface area (Å²) in [5, 5.41) is 0. The number of H-pyrrole nitrogens is 1. The Labute approximate surface area is 503 Å². The van der Waals surface area contributed by atoms with Gasteiger partial charge in [-0.3, -0.25) is 0 Å². The highest BCUT2D eigenvalue weighted by atomic mass is 19.2. The summed E-state index contributed by atoms with van der Waals surface area (Å²) in [6, 6.07) is 4.74. The van der Waals surface area contributed by atoms with Crippen molar-refractivity contribution in [2.24, 2.45) is 0 Å². The number of hydrogen-bond donors (Lipinski definition) is 0. The second-order valence-corrected chi connectivity index (χ2v) is 23.0. The molecular formula is C66H80BF20N. The summed E-state index contributed by atoms with van der Waals surface area (Å²) in [4.78, 5) is 3.60. The first-order chi connectivity index (χ1) is 42.1. The summed E-state index contributed by atoms with van der Waals surface area (Å²) in [5.41, 5.74) is -11.4. The number of halogens is 20. The van der Waals surface area contributed by atoms with E-state index in [1.54, 1.807) is 0 Å². The fourth-order valence-electron chi connectivity index (χ4n) is 11.6. The first kappa shape index (κ1) is 75.2. The van der Waals surface area contributed by atoms with E-state index in [1.807, 2.05) is 0 Å². The summed E-state index contributed by atoms with van der Waals surface area (Å²) in [5.74, 6) is -71.4. The Balaban J connectivity index is 0.000000377. The SMILES string of the molecule is CCCCCCCCCCCCCCCCCCCc1ccc(CCCCCCCCCCCCCCCCCC)c[nH+]1.Fc1c(F)c(F)c([B-](c2c(F)c(F)c(F)c(F)c2F)(c2c(F)c(F)c(F)c(F)c2F)c2c(F)c(F)c(F)c(F)c2F)c(F)c1F. The largest absolute Gasteiger partial charge is 0.215 e. The smallest absolute Gasteiger partial charge is 0.200 e. The molecule has 0 aliphatic carbocycles. The maximum Gasteiger partial charge on any atom is 0.200 e. The molecule has 5 rings (SSSR count). The van der Waals surface area contributed by atoms with Crippen LogP contribution in [0.5, 0.6) is 0 Å². The molecule has 88 heavy (non-hydrogen) atoms. The van der Waals surface area contributed by atoms with Crippen molar-refractivity contribution in [3.05, 3.63) is 146 Å². The zero-order valence-corrected chi connectivity index (χ0v) is 50.1. The third-order valence-electron chi connectivity index (χ3n) is 16.5.